The molecule has 0 bridgehead atoms. The first-order chi connectivity index (χ1) is 11.7. The summed E-state index contributed by atoms with van der Waals surface area (Å²) in [5, 5.41) is 0. The highest BCUT2D eigenvalue weighted by molar-refractivity contribution is 5.70. The van der Waals surface area contributed by atoms with Crippen LogP contribution >= 0.6 is 0 Å². The maximum atomic E-state index is 12.0. The van der Waals surface area contributed by atoms with Crippen LogP contribution < -0.4 is 9.47 Å². The van der Waals surface area contributed by atoms with Gasteiger partial charge in [0.25, 0.3) is 0 Å². The highest BCUT2D eigenvalue weighted by Gasteiger charge is 2.18. The molecular weight excluding hydrogens is 304 g/mol. The van der Waals surface area contributed by atoms with Crippen LogP contribution in [0.15, 0.2) is 48.5 Å². The van der Waals surface area contributed by atoms with Crippen LogP contribution in [-0.2, 0) is 16.0 Å². The van der Waals surface area contributed by atoms with E-state index in [1.807, 2.05) is 55.5 Å². The molecule has 0 aliphatic carbocycles. The van der Waals surface area contributed by atoms with Crippen molar-refractivity contribution in [1.82, 2.24) is 0 Å². The van der Waals surface area contributed by atoms with Gasteiger partial charge in [0.05, 0.1) is 27.2 Å². The van der Waals surface area contributed by atoms with Gasteiger partial charge in [-0.3, -0.25) is 4.79 Å². The Hall–Kier alpha value is -2.49. The summed E-state index contributed by atoms with van der Waals surface area (Å²) in [7, 11) is 3.26. The third-order valence-corrected chi connectivity index (χ3v) is 3.88. The van der Waals surface area contributed by atoms with Crippen LogP contribution in [0.25, 0.3) is 0 Å². The molecule has 24 heavy (non-hydrogen) atoms. The number of benzene rings is 2. The van der Waals surface area contributed by atoms with Crippen molar-refractivity contribution in [3.05, 3.63) is 59.7 Å². The standard InChI is InChI=1S/C20H24O4/c1-4-24-20(21)13-17(16-8-6-5-7-9-16)10-15-11-18(22-2)14-19(12-15)23-3/h5-9,11-12,14,17H,4,10,13H2,1-3H3. The summed E-state index contributed by atoms with van der Waals surface area (Å²) >= 11 is 0. The van der Waals surface area contributed by atoms with Crippen molar-refractivity contribution in [1.29, 1.82) is 0 Å². The van der Waals surface area contributed by atoms with Gasteiger partial charge in [-0.1, -0.05) is 30.3 Å². The first-order valence-corrected chi connectivity index (χ1v) is 8.08. The molecule has 4 heteroatoms. The average molecular weight is 328 g/mol. The number of hydrogen-bond acceptors (Lipinski definition) is 4. The second kappa shape index (κ2) is 8.96. The highest BCUT2D eigenvalue weighted by Crippen LogP contribution is 2.29. The van der Waals surface area contributed by atoms with Gasteiger partial charge in [-0.25, -0.2) is 0 Å². The number of carbonyl (C=O) groups excluding carboxylic acids is 1. The second-order valence-corrected chi connectivity index (χ2v) is 5.54. The molecule has 0 amide bonds. The van der Waals surface area contributed by atoms with Gasteiger partial charge in [0.15, 0.2) is 0 Å². The SMILES string of the molecule is CCOC(=O)CC(Cc1cc(OC)cc(OC)c1)c1ccccc1. The van der Waals surface area contributed by atoms with E-state index in [2.05, 4.69) is 0 Å². The number of esters is 1. The topological polar surface area (TPSA) is 44.8 Å². The molecule has 2 rings (SSSR count). The van der Waals surface area contributed by atoms with E-state index >= 15 is 0 Å². The summed E-state index contributed by atoms with van der Waals surface area (Å²) in [6, 6.07) is 15.8. The fourth-order valence-electron chi connectivity index (χ4n) is 2.72. The Morgan fingerprint density at radius 2 is 1.62 bits per heavy atom. The highest BCUT2D eigenvalue weighted by atomic mass is 16.5. The number of rotatable bonds is 8. The largest absolute Gasteiger partial charge is 0.497 e. The molecule has 2 aromatic rings. The molecule has 0 aliphatic rings. The van der Waals surface area contributed by atoms with Crippen LogP contribution in [0.3, 0.4) is 0 Å². The van der Waals surface area contributed by atoms with E-state index in [0.29, 0.717) is 19.4 Å². The maximum absolute atomic E-state index is 12.0. The average Bonchev–Trinajstić information content (AvgIpc) is 2.61. The van der Waals surface area contributed by atoms with Gasteiger partial charge in [-0.05, 0) is 42.5 Å². The predicted octanol–water partition coefficient (Wildman–Crippen LogP) is 3.98. The van der Waals surface area contributed by atoms with E-state index in [1.54, 1.807) is 14.2 Å². The third-order valence-electron chi connectivity index (χ3n) is 3.88. The van der Waals surface area contributed by atoms with E-state index in [0.717, 1.165) is 22.6 Å². The summed E-state index contributed by atoms with van der Waals surface area (Å²) in [4.78, 5) is 12.0. The quantitative estimate of drug-likeness (QED) is 0.688. The molecule has 1 unspecified atom stereocenters. The smallest absolute Gasteiger partial charge is 0.306 e. The summed E-state index contributed by atoms with van der Waals surface area (Å²) in [5.74, 6) is 1.35. The van der Waals surface area contributed by atoms with Crippen LogP contribution in [0.5, 0.6) is 11.5 Å². The molecule has 0 saturated carbocycles. The Bertz CT molecular complexity index is 630. The van der Waals surface area contributed by atoms with Gasteiger partial charge in [-0.15, -0.1) is 0 Å². The summed E-state index contributed by atoms with van der Waals surface area (Å²) in [5.41, 5.74) is 2.18. The molecular formula is C20H24O4. The molecule has 0 fully saturated rings. The zero-order chi connectivity index (χ0) is 17.4. The van der Waals surface area contributed by atoms with E-state index in [1.165, 1.54) is 0 Å². The summed E-state index contributed by atoms with van der Waals surface area (Å²) in [6.45, 7) is 2.22. The van der Waals surface area contributed by atoms with Crippen LogP contribution in [-0.4, -0.2) is 26.8 Å². The van der Waals surface area contributed by atoms with Gasteiger partial charge in [0.2, 0.25) is 0 Å². The Morgan fingerprint density at radius 1 is 1.00 bits per heavy atom. The van der Waals surface area contributed by atoms with Crippen molar-refractivity contribution in [3.63, 3.8) is 0 Å². The Kier molecular flexibility index (Phi) is 6.67. The van der Waals surface area contributed by atoms with E-state index in [9.17, 15) is 4.79 Å². The van der Waals surface area contributed by atoms with Crippen LogP contribution in [0.2, 0.25) is 0 Å². The van der Waals surface area contributed by atoms with E-state index < -0.39 is 0 Å². The molecule has 0 heterocycles. The molecule has 0 aromatic heterocycles. The predicted molar refractivity (Wildman–Crippen MR) is 93.7 cm³/mol. The maximum Gasteiger partial charge on any atom is 0.306 e. The van der Waals surface area contributed by atoms with Gasteiger partial charge < -0.3 is 14.2 Å². The molecule has 4 nitrogen and oxygen atoms in total. The van der Waals surface area contributed by atoms with E-state index in [4.69, 9.17) is 14.2 Å². The lowest BCUT2D eigenvalue weighted by Crippen LogP contribution is -2.12. The van der Waals surface area contributed by atoms with Crippen molar-refractivity contribution >= 4 is 5.97 Å². The monoisotopic (exact) mass is 328 g/mol. The van der Waals surface area contributed by atoms with E-state index in [-0.39, 0.29) is 11.9 Å². The molecule has 0 aliphatic heterocycles. The van der Waals surface area contributed by atoms with Gasteiger partial charge >= 0.3 is 5.97 Å². The second-order valence-electron chi connectivity index (χ2n) is 5.54. The minimum atomic E-state index is -0.179. The van der Waals surface area contributed by atoms with Crippen LogP contribution in [0, 0.1) is 0 Å². The number of carbonyl (C=O) groups is 1. The Labute approximate surface area is 143 Å². The molecule has 2 aromatic carbocycles. The van der Waals surface area contributed by atoms with Crippen molar-refractivity contribution in [2.45, 2.75) is 25.7 Å². The first-order valence-electron chi connectivity index (χ1n) is 8.08. The van der Waals surface area contributed by atoms with Gasteiger partial charge in [0.1, 0.15) is 11.5 Å². The zero-order valence-corrected chi connectivity index (χ0v) is 14.5. The molecule has 0 saturated heterocycles. The molecule has 128 valence electrons. The summed E-state index contributed by atoms with van der Waals surface area (Å²) < 4.78 is 15.8. The van der Waals surface area contributed by atoms with Crippen molar-refractivity contribution in [2.24, 2.45) is 0 Å². The Balaban J connectivity index is 2.26. The third kappa shape index (κ3) is 5.01. The first kappa shape index (κ1) is 17.9. The molecule has 0 N–H and O–H groups in total. The minimum absolute atomic E-state index is 0.0436. The van der Waals surface area contributed by atoms with Crippen molar-refractivity contribution < 1.29 is 19.0 Å². The normalized spacial score (nSPS) is 11.6. The van der Waals surface area contributed by atoms with Gasteiger partial charge in [-0.2, -0.15) is 0 Å². The lowest BCUT2D eigenvalue weighted by Gasteiger charge is -2.18. The Morgan fingerprint density at radius 3 is 2.17 bits per heavy atom. The number of methoxy groups -OCH3 is 2. The zero-order valence-electron chi connectivity index (χ0n) is 14.5. The van der Waals surface area contributed by atoms with Gasteiger partial charge in [0, 0.05) is 6.07 Å². The number of hydrogen-bond donors (Lipinski definition) is 0. The molecule has 1 atom stereocenters. The van der Waals surface area contributed by atoms with Crippen LogP contribution in [0.4, 0.5) is 0 Å². The fraction of sp³-hybridized carbons (Fsp3) is 0.350. The molecule has 0 spiro atoms. The summed E-state index contributed by atoms with van der Waals surface area (Å²) in [6.07, 6.45) is 1.05. The lowest BCUT2D eigenvalue weighted by molar-refractivity contribution is -0.143. The lowest BCUT2D eigenvalue weighted by atomic mass is 9.89. The number of ether oxygens (including phenoxy) is 3. The fourth-order valence-corrected chi connectivity index (χ4v) is 2.72. The molecule has 0 radical (unpaired) electrons. The van der Waals surface area contributed by atoms with Crippen molar-refractivity contribution in [3.8, 4) is 11.5 Å². The minimum Gasteiger partial charge on any atom is -0.497 e. The van der Waals surface area contributed by atoms with Crippen LogP contribution in [0.1, 0.15) is 30.4 Å². The van der Waals surface area contributed by atoms with Crippen molar-refractivity contribution in [2.75, 3.05) is 20.8 Å².